The van der Waals surface area contributed by atoms with Crippen LogP contribution < -0.4 is 5.56 Å². The summed E-state index contributed by atoms with van der Waals surface area (Å²) in [6.07, 6.45) is 0. The van der Waals surface area contributed by atoms with Gasteiger partial charge in [-0.1, -0.05) is 6.07 Å². The van der Waals surface area contributed by atoms with E-state index in [2.05, 4.69) is 5.10 Å². The first kappa shape index (κ1) is 14.0. The van der Waals surface area contributed by atoms with Crippen LogP contribution in [0.15, 0.2) is 34.4 Å². The largest absolute Gasteiger partial charge is 0.378 e. The summed E-state index contributed by atoms with van der Waals surface area (Å²) in [7, 11) is 0. The average Bonchev–Trinajstić information content (AvgIpc) is 3.04. The number of carbonyl (C=O) groups is 1. The molecular weight excluding hydrogens is 290 g/mol. The number of carbonyl (C=O) groups excluding carboxylic acids is 1. The zero-order valence-electron chi connectivity index (χ0n) is 11.4. The number of morpholine rings is 1. The molecule has 21 heavy (non-hydrogen) atoms. The molecule has 0 aromatic carbocycles. The van der Waals surface area contributed by atoms with Crippen molar-refractivity contribution >= 4 is 17.2 Å². The summed E-state index contributed by atoms with van der Waals surface area (Å²) in [5.74, 6) is -0.101. The van der Waals surface area contributed by atoms with Crippen LogP contribution in [0, 0.1) is 0 Å². The van der Waals surface area contributed by atoms with E-state index < -0.39 is 0 Å². The van der Waals surface area contributed by atoms with Crippen molar-refractivity contribution < 1.29 is 9.53 Å². The smallest absolute Gasteiger partial charge is 0.267 e. The molecule has 1 aliphatic heterocycles. The number of nitrogens with zero attached hydrogens (tertiary/aromatic N) is 3. The van der Waals surface area contributed by atoms with Gasteiger partial charge in [0.05, 0.1) is 18.1 Å². The van der Waals surface area contributed by atoms with Crippen LogP contribution in [0.4, 0.5) is 0 Å². The molecule has 110 valence electrons. The Morgan fingerprint density at radius 2 is 2.10 bits per heavy atom. The van der Waals surface area contributed by atoms with Crippen LogP contribution in [0.3, 0.4) is 0 Å². The van der Waals surface area contributed by atoms with Crippen molar-refractivity contribution in [3.8, 4) is 10.6 Å². The monoisotopic (exact) mass is 305 g/mol. The van der Waals surface area contributed by atoms with Gasteiger partial charge in [-0.3, -0.25) is 9.59 Å². The molecule has 1 aliphatic rings. The van der Waals surface area contributed by atoms with E-state index in [1.165, 1.54) is 10.7 Å². The number of ether oxygens (including phenoxy) is 1. The quantitative estimate of drug-likeness (QED) is 0.842. The van der Waals surface area contributed by atoms with Gasteiger partial charge >= 0.3 is 0 Å². The maximum absolute atomic E-state index is 12.2. The van der Waals surface area contributed by atoms with E-state index in [0.717, 1.165) is 4.88 Å². The second kappa shape index (κ2) is 6.19. The Morgan fingerprint density at radius 3 is 2.81 bits per heavy atom. The molecule has 0 saturated carbocycles. The second-order valence-corrected chi connectivity index (χ2v) is 5.63. The lowest BCUT2D eigenvalue weighted by molar-refractivity contribution is -0.136. The van der Waals surface area contributed by atoms with Crippen molar-refractivity contribution in [1.29, 1.82) is 0 Å². The Morgan fingerprint density at radius 1 is 1.29 bits per heavy atom. The molecule has 0 unspecified atom stereocenters. The molecule has 0 N–H and O–H groups in total. The fraction of sp³-hybridized carbons (Fsp3) is 0.357. The minimum Gasteiger partial charge on any atom is -0.378 e. The number of rotatable bonds is 3. The normalized spacial score (nSPS) is 15.1. The van der Waals surface area contributed by atoms with Crippen molar-refractivity contribution in [2.45, 2.75) is 6.54 Å². The average molecular weight is 305 g/mol. The third kappa shape index (κ3) is 3.20. The van der Waals surface area contributed by atoms with Crippen LogP contribution >= 0.6 is 11.3 Å². The first-order chi connectivity index (χ1) is 10.2. The molecule has 1 amide bonds. The van der Waals surface area contributed by atoms with Gasteiger partial charge in [0.15, 0.2) is 0 Å². The number of amides is 1. The highest BCUT2D eigenvalue weighted by molar-refractivity contribution is 7.13. The number of hydrogen-bond acceptors (Lipinski definition) is 5. The number of thiophene rings is 1. The zero-order valence-corrected chi connectivity index (χ0v) is 12.2. The predicted molar refractivity (Wildman–Crippen MR) is 79.2 cm³/mol. The summed E-state index contributed by atoms with van der Waals surface area (Å²) < 4.78 is 6.44. The van der Waals surface area contributed by atoms with Crippen LogP contribution in [0.25, 0.3) is 10.6 Å². The lowest BCUT2D eigenvalue weighted by Crippen LogP contribution is -2.43. The van der Waals surface area contributed by atoms with Gasteiger partial charge in [0.1, 0.15) is 12.2 Å². The molecule has 0 aliphatic carbocycles. The highest BCUT2D eigenvalue weighted by atomic mass is 32.1. The highest BCUT2D eigenvalue weighted by Crippen LogP contribution is 2.21. The van der Waals surface area contributed by atoms with E-state index in [1.54, 1.807) is 22.3 Å². The molecule has 1 saturated heterocycles. The fourth-order valence-corrected chi connectivity index (χ4v) is 2.85. The number of hydrogen-bond donors (Lipinski definition) is 0. The van der Waals surface area contributed by atoms with E-state index in [-0.39, 0.29) is 18.0 Å². The fourth-order valence-electron chi connectivity index (χ4n) is 2.16. The minimum absolute atomic E-state index is 0.0297. The van der Waals surface area contributed by atoms with Crippen LogP contribution in [-0.2, 0) is 16.1 Å². The van der Waals surface area contributed by atoms with E-state index in [9.17, 15) is 9.59 Å². The topological polar surface area (TPSA) is 64.4 Å². The second-order valence-electron chi connectivity index (χ2n) is 4.68. The maximum Gasteiger partial charge on any atom is 0.267 e. The Labute approximate surface area is 125 Å². The maximum atomic E-state index is 12.2. The van der Waals surface area contributed by atoms with Crippen molar-refractivity contribution in [3.05, 3.63) is 40.0 Å². The van der Waals surface area contributed by atoms with Gasteiger partial charge in [-0.2, -0.15) is 5.10 Å². The van der Waals surface area contributed by atoms with Gasteiger partial charge in [-0.05, 0) is 17.5 Å². The van der Waals surface area contributed by atoms with E-state index >= 15 is 0 Å². The summed E-state index contributed by atoms with van der Waals surface area (Å²) >= 11 is 1.55. The molecular formula is C14H15N3O3S. The third-order valence-corrected chi connectivity index (χ3v) is 4.18. The van der Waals surface area contributed by atoms with Crippen molar-refractivity contribution in [1.82, 2.24) is 14.7 Å². The Hall–Kier alpha value is -1.99. The van der Waals surface area contributed by atoms with E-state index in [4.69, 9.17) is 4.74 Å². The van der Waals surface area contributed by atoms with Crippen molar-refractivity contribution in [3.63, 3.8) is 0 Å². The summed E-state index contributed by atoms with van der Waals surface area (Å²) in [4.78, 5) is 26.7. The van der Waals surface area contributed by atoms with Gasteiger partial charge in [-0.25, -0.2) is 4.68 Å². The standard InChI is InChI=1S/C14H15N3O3S/c18-13-4-3-11(12-2-1-9-21-12)15-17(13)10-14(19)16-5-7-20-8-6-16/h1-4,9H,5-8,10H2. The lowest BCUT2D eigenvalue weighted by atomic mass is 10.3. The predicted octanol–water partition coefficient (Wildman–Crippen LogP) is 0.831. The highest BCUT2D eigenvalue weighted by Gasteiger charge is 2.18. The number of aromatic nitrogens is 2. The lowest BCUT2D eigenvalue weighted by Gasteiger charge is -2.26. The molecule has 3 rings (SSSR count). The molecule has 6 nitrogen and oxygen atoms in total. The molecule has 0 radical (unpaired) electrons. The van der Waals surface area contributed by atoms with E-state index in [1.807, 2.05) is 17.5 Å². The van der Waals surface area contributed by atoms with Crippen LogP contribution in [0.2, 0.25) is 0 Å². The Bertz CT molecular complexity index is 675. The summed E-state index contributed by atoms with van der Waals surface area (Å²) in [5.41, 5.74) is 0.441. The van der Waals surface area contributed by atoms with E-state index in [0.29, 0.717) is 32.0 Å². The Kier molecular flexibility index (Phi) is 4.12. The molecule has 0 atom stereocenters. The molecule has 7 heteroatoms. The zero-order chi connectivity index (χ0) is 14.7. The molecule has 2 aromatic heterocycles. The van der Waals surface area contributed by atoms with Crippen molar-refractivity contribution in [2.24, 2.45) is 0 Å². The third-order valence-electron chi connectivity index (χ3n) is 3.29. The summed E-state index contributed by atoms with van der Waals surface area (Å²) in [6, 6.07) is 7.00. The summed E-state index contributed by atoms with van der Waals surface area (Å²) in [6.45, 7) is 2.20. The first-order valence-electron chi connectivity index (χ1n) is 6.71. The van der Waals surface area contributed by atoms with Gasteiger partial charge in [0.2, 0.25) is 5.91 Å². The summed E-state index contributed by atoms with van der Waals surface area (Å²) in [5, 5.41) is 6.24. The van der Waals surface area contributed by atoms with Gasteiger partial charge in [-0.15, -0.1) is 11.3 Å². The molecule has 0 bridgehead atoms. The minimum atomic E-state index is -0.267. The van der Waals surface area contributed by atoms with Crippen LogP contribution in [0.5, 0.6) is 0 Å². The Balaban J connectivity index is 1.79. The van der Waals surface area contributed by atoms with Crippen LogP contribution in [-0.4, -0.2) is 46.9 Å². The van der Waals surface area contributed by atoms with Gasteiger partial charge in [0, 0.05) is 19.2 Å². The van der Waals surface area contributed by atoms with Gasteiger partial charge in [0.25, 0.3) is 5.56 Å². The molecule has 1 fully saturated rings. The molecule has 3 heterocycles. The first-order valence-corrected chi connectivity index (χ1v) is 7.59. The molecule has 2 aromatic rings. The van der Waals surface area contributed by atoms with Crippen molar-refractivity contribution in [2.75, 3.05) is 26.3 Å². The molecule has 0 spiro atoms. The van der Waals surface area contributed by atoms with Crippen LogP contribution in [0.1, 0.15) is 0 Å². The van der Waals surface area contributed by atoms with Gasteiger partial charge < -0.3 is 9.64 Å². The SMILES string of the molecule is O=C(Cn1nc(-c2cccs2)ccc1=O)N1CCOCC1.